The maximum Gasteiger partial charge on any atom is 0.0823 e. The average Bonchev–Trinajstić information content (AvgIpc) is 2.17. The summed E-state index contributed by atoms with van der Waals surface area (Å²) in [4.78, 5) is 0.890. The van der Waals surface area contributed by atoms with E-state index in [1.54, 1.807) is 0 Å². The van der Waals surface area contributed by atoms with E-state index in [1.165, 1.54) is 5.56 Å². The Morgan fingerprint density at radius 3 is 2.42 bits per heavy atom. The molecule has 0 bridgehead atoms. The number of hydrogen-bond acceptors (Lipinski definition) is 1. The number of rotatable bonds is 2. The molecule has 1 aromatic carbocycles. The predicted molar refractivity (Wildman–Crippen MR) is 56.5 cm³/mol. The van der Waals surface area contributed by atoms with Crippen molar-refractivity contribution in [1.29, 1.82) is 0 Å². The van der Waals surface area contributed by atoms with E-state index in [0.29, 0.717) is 5.92 Å². The molecule has 0 fully saturated rings. The average molecular weight is 179 g/mol. The van der Waals surface area contributed by atoms with E-state index < -0.39 is 0 Å². The van der Waals surface area contributed by atoms with Gasteiger partial charge in [-0.05, 0) is 5.56 Å². The molecule has 0 spiro atoms. The van der Waals surface area contributed by atoms with Gasteiger partial charge in [0.05, 0.1) is 4.99 Å². The van der Waals surface area contributed by atoms with Crippen molar-refractivity contribution < 1.29 is 0 Å². The van der Waals surface area contributed by atoms with Gasteiger partial charge < -0.3 is 5.32 Å². The van der Waals surface area contributed by atoms with Gasteiger partial charge in [-0.25, -0.2) is 0 Å². The van der Waals surface area contributed by atoms with E-state index in [4.69, 9.17) is 12.2 Å². The Morgan fingerprint density at radius 2 is 1.92 bits per heavy atom. The second kappa shape index (κ2) is 4.21. The molecule has 1 aromatic rings. The van der Waals surface area contributed by atoms with E-state index in [9.17, 15) is 0 Å². The van der Waals surface area contributed by atoms with E-state index in [1.807, 2.05) is 25.2 Å². The van der Waals surface area contributed by atoms with Crippen molar-refractivity contribution in [3.05, 3.63) is 35.9 Å². The molecule has 1 nitrogen and oxygen atoms in total. The van der Waals surface area contributed by atoms with E-state index >= 15 is 0 Å². The third-order valence-electron chi connectivity index (χ3n) is 1.94. The van der Waals surface area contributed by atoms with Crippen LogP contribution < -0.4 is 5.32 Å². The number of nitrogens with one attached hydrogen (secondary N) is 1. The summed E-state index contributed by atoms with van der Waals surface area (Å²) in [6, 6.07) is 10.3. The Bertz CT molecular complexity index is 256. The Kier molecular flexibility index (Phi) is 3.23. The first-order chi connectivity index (χ1) is 5.75. The summed E-state index contributed by atoms with van der Waals surface area (Å²) in [6.07, 6.45) is 0. The zero-order valence-corrected chi connectivity index (χ0v) is 8.19. The van der Waals surface area contributed by atoms with Crippen LogP contribution in [-0.4, -0.2) is 12.0 Å². The Hall–Kier alpha value is -0.890. The van der Waals surface area contributed by atoms with Crippen LogP contribution in [0.15, 0.2) is 30.3 Å². The van der Waals surface area contributed by atoms with Gasteiger partial charge in [0, 0.05) is 13.0 Å². The third-order valence-corrected chi connectivity index (χ3v) is 2.50. The minimum Gasteiger partial charge on any atom is -0.382 e. The van der Waals surface area contributed by atoms with Crippen LogP contribution in [0.3, 0.4) is 0 Å². The van der Waals surface area contributed by atoms with Crippen LogP contribution in [0.4, 0.5) is 0 Å². The predicted octanol–water partition coefficient (Wildman–Crippen LogP) is 2.34. The number of benzene rings is 1. The second-order valence-electron chi connectivity index (χ2n) is 2.75. The molecule has 0 heterocycles. The van der Waals surface area contributed by atoms with Crippen LogP contribution in [0.1, 0.15) is 18.4 Å². The Morgan fingerprint density at radius 1 is 1.33 bits per heavy atom. The van der Waals surface area contributed by atoms with Gasteiger partial charge in [-0.15, -0.1) is 0 Å². The van der Waals surface area contributed by atoms with E-state index in [2.05, 4.69) is 24.4 Å². The molecule has 1 N–H and O–H groups in total. The highest BCUT2D eigenvalue weighted by Crippen LogP contribution is 2.14. The van der Waals surface area contributed by atoms with Crippen LogP contribution in [0.25, 0.3) is 0 Å². The van der Waals surface area contributed by atoms with E-state index in [0.717, 1.165) is 4.99 Å². The summed E-state index contributed by atoms with van der Waals surface area (Å²) in [5, 5.41) is 2.99. The molecule has 0 aliphatic carbocycles. The Balaban J connectivity index is 2.78. The molecular weight excluding hydrogens is 166 g/mol. The second-order valence-corrected chi connectivity index (χ2v) is 3.19. The lowest BCUT2D eigenvalue weighted by Gasteiger charge is -2.12. The summed E-state index contributed by atoms with van der Waals surface area (Å²) in [5.41, 5.74) is 1.26. The normalized spacial score (nSPS) is 12.2. The lowest BCUT2D eigenvalue weighted by Crippen LogP contribution is -2.21. The first-order valence-corrected chi connectivity index (χ1v) is 4.43. The van der Waals surface area contributed by atoms with Crippen LogP contribution >= 0.6 is 12.2 Å². The minimum atomic E-state index is 0.311. The van der Waals surface area contributed by atoms with Crippen molar-refractivity contribution in [3.8, 4) is 0 Å². The number of hydrogen-bond donors (Lipinski definition) is 1. The lowest BCUT2D eigenvalue weighted by atomic mass is 10.0. The Labute approximate surface area is 78.8 Å². The summed E-state index contributed by atoms with van der Waals surface area (Å²) < 4.78 is 0. The van der Waals surface area contributed by atoms with Gasteiger partial charge in [0.25, 0.3) is 0 Å². The van der Waals surface area contributed by atoms with Gasteiger partial charge >= 0.3 is 0 Å². The van der Waals surface area contributed by atoms with Crippen LogP contribution in [-0.2, 0) is 0 Å². The largest absolute Gasteiger partial charge is 0.382 e. The van der Waals surface area contributed by atoms with Crippen molar-refractivity contribution in [1.82, 2.24) is 5.32 Å². The molecule has 12 heavy (non-hydrogen) atoms. The van der Waals surface area contributed by atoms with Crippen molar-refractivity contribution in [2.75, 3.05) is 7.05 Å². The molecule has 64 valence electrons. The SMILES string of the molecule is CNC(=S)[C@@H](C)c1ccccc1. The highest BCUT2D eigenvalue weighted by molar-refractivity contribution is 7.80. The van der Waals surface area contributed by atoms with Crippen LogP contribution in [0.2, 0.25) is 0 Å². The zero-order chi connectivity index (χ0) is 8.97. The zero-order valence-electron chi connectivity index (χ0n) is 7.37. The summed E-state index contributed by atoms with van der Waals surface area (Å²) in [5.74, 6) is 0.311. The molecule has 0 saturated carbocycles. The quantitative estimate of drug-likeness (QED) is 0.699. The molecule has 0 unspecified atom stereocenters. The summed E-state index contributed by atoms with van der Waals surface area (Å²) >= 11 is 5.15. The molecule has 0 amide bonds. The molecule has 0 aliphatic rings. The molecule has 0 radical (unpaired) electrons. The van der Waals surface area contributed by atoms with Crippen molar-refractivity contribution >= 4 is 17.2 Å². The lowest BCUT2D eigenvalue weighted by molar-refractivity contribution is 0.975. The first kappa shape index (κ1) is 9.20. The molecule has 0 saturated heterocycles. The first-order valence-electron chi connectivity index (χ1n) is 4.02. The topological polar surface area (TPSA) is 12.0 Å². The molecular formula is C10H13NS. The van der Waals surface area contributed by atoms with Gasteiger partial charge in [0.1, 0.15) is 0 Å². The maximum atomic E-state index is 5.15. The van der Waals surface area contributed by atoms with Gasteiger partial charge in [0.15, 0.2) is 0 Å². The van der Waals surface area contributed by atoms with Gasteiger partial charge in [0.2, 0.25) is 0 Å². The highest BCUT2D eigenvalue weighted by Gasteiger charge is 2.07. The highest BCUT2D eigenvalue weighted by atomic mass is 32.1. The van der Waals surface area contributed by atoms with Crippen molar-refractivity contribution in [2.24, 2.45) is 0 Å². The fourth-order valence-electron chi connectivity index (χ4n) is 1.11. The summed E-state index contributed by atoms with van der Waals surface area (Å²) in [6.45, 7) is 2.11. The maximum absolute atomic E-state index is 5.15. The minimum absolute atomic E-state index is 0.311. The smallest absolute Gasteiger partial charge is 0.0823 e. The van der Waals surface area contributed by atoms with Crippen LogP contribution in [0.5, 0.6) is 0 Å². The fraction of sp³-hybridized carbons (Fsp3) is 0.300. The van der Waals surface area contributed by atoms with Crippen LogP contribution in [0, 0.1) is 0 Å². The number of thiocarbonyl (C=S) groups is 1. The van der Waals surface area contributed by atoms with Crippen molar-refractivity contribution in [3.63, 3.8) is 0 Å². The van der Waals surface area contributed by atoms with E-state index in [-0.39, 0.29) is 0 Å². The van der Waals surface area contributed by atoms with Gasteiger partial charge in [-0.3, -0.25) is 0 Å². The number of likely N-dealkylation sites (N-methyl/N-ethyl adjacent to an activating group) is 1. The van der Waals surface area contributed by atoms with Crippen molar-refractivity contribution in [2.45, 2.75) is 12.8 Å². The standard InChI is InChI=1S/C10H13NS/c1-8(10(12)11-2)9-6-4-3-5-7-9/h3-8H,1-2H3,(H,11,12)/t8-/m0/s1. The molecule has 0 aromatic heterocycles. The molecule has 0 aliphatic heterocycles. The third kappa shape index (κ3) is 2.05. The van der Waals surface area contributed by atoms with Gasteiger partial charge in [-0.2, -0.15) is 0 Å². The molecule has 1 atom stereocenters. The van der Waals surface area contributed by atoms with Gasteiger partial charge in [-0.1, -0.05) is 49.5 Å². The summed E-state index contributed by atoms with van der Waals surface area (Å²) in [7, 11) is 1.86. The monoisotopic (exact) mass is 179 g/mol. The fourth-order valence-corrected chi connectivity index (χ4v) is 1.25. The molecule has 2 heteroatoms. The molecule has 1 rings (SSSR count).